The molecular formula is C29H43NO5Si. The lowest BCUT2D eigenvalue weighted by Crippen LogP contribution is -2.54. The van der Waals surface area contributed by atoms with Gasteiger partial charge in [-0.05, 0) is 39.9 Å². The molecule has 3 atom stereocenters. The van der Waals surface area contributed by atoms with E-state index in [0.29, 0.717) is 29.8 Å². The number of carbonyl (C=O) groups excluding carboxylic acids is 1. The second-order valence-electron chi connectivity index (χ2n) is 11.0. The zero-order valence-electron chi connectivity index (χ0n) is 22.6. The summed E-state index contributed by atoms with van der Waals surface area (Å²) in [6, 6.07) is 16.6. The van der Waals surface area contributed by atoms with Crippen LogP contribution in [0, 0.1) is 5.92 Å². The normalized spacial score (nSPS) is 20.8. The minimum atomic E-state index is -2.14. The van der Waals surface area contributed by atoms with E-state index in [1.54, 1.807) is 17.0 Å². The molecule has 198 valence electrons. The van der Waals surface area contributed by atoms with E-state index < -0.39 is 20.5 Å². The van der Waals surface area contributed by atoms with E-state index in [9.17, 15) is 15.0 Å². The molecule has 0 radical (unpaired) electrons. The van der Waals surface area contributed by atoms with Crippen molar-refractivity contribution in [3.63, 3.8) is 0 Å². The van der Waals surface area contributed by atoms with Crippen molar-refractivity contribution in [1.82, 2.24) is 4.90 Å². The monoisotopic (exact) mass is 513 g/mol. The number of aromatic hydroxyl groups is 1. The van der Waals surface area contributed by atoms with Crippen molar-refractivity contribution in [2.45, 2.75) is 76.8 Å². The van der Waals surface area contributed by atoms with E-state index in [1.807, 2.05) is 42.5 Å². The van der Waals surface area contributed by atoms with Gasteiger partial charge in [0.25, 0.3) is 0 Å². The van der Waals surface area contributed by atoms with Gasteiger partial charge in [-0.25, -0.2) is 4.79 Å². The fourth-order valence-corrected chi connectivity index (χ4v) is 11.7. The quantitative estimate of drug-likeness (QED) is 0.385. The first-order valence-corrected chi connectivity index (χ1v) is 15.3. The maximum atomic E-state index is 13.0. The Kier molecular flexibility index (Phi) is 9.61. The Morgan fingerprint density at radius 2 is 1.53 bits per heavy atom. The fourth-order valence-electron chi connectivity index (χ4n) is 6.18. The van der Waals surface area contributed by atoms with Crippen LogP contribution in [0.25, 0.3) is 0 Å². The third-order valence-corrected chi connectivity index (χ3v) is 13.9. The van der Waals surface area contributed by atoms with Gasteiger partial charge in [0.05, 0.1) is 12.6 Å². The maximum absolute atomic E-state index is 13.0. The summed E-state index contributed by atoms with van der Waals surface area (Å²) in [5, 5.41) is 21.1. The first kappa shape index (κ1) is 28.2. The van der Waals surface area contributed by atoms with Gasteiger partial charge in [0.1, 0.15) is 12.4 Å². The second kappa shape index (κ2) is 12.3. The highest BCUT2D eigenvalue weighted by molar-refractivity contribution is 6.77. The zero-order chi connectivity index (χ0) is 26.5. The predicted molar refractivity (Wildman–Crippen MR) is 146 cm³/mol. The van der Waals surface area contributed by atoms with Crippen molar-refractivity contribution in [3.05, 3.63) is 65.7 Å². The van der Waals surface area contributed by atoms with E-state index in [2.05, 4.69) is 41.5 Å². The average Bonchev–Trinajstić information content (AvgIpc) is 2.83. The summed E-state index contributed by atoms with van der Waals surface area (Å²) in [6.07, 6.45) is -1.19. The summed E-state index contributed by atoms with van der Waals surface area (Å²) in [5.74, 6) is -0.124. The number of amides is 1. The molecule has 1 fully saturated rings. The number of phenols is 1. The molecule has 0 unspecified atom stereocenters. The van der Waals surface area contributed by atoms with Crippen LogP contribution in [0.2, 0.25) is 16.6 Å². The lowest BCUT2D eigenvalue weighted by molar-refractivity contribution is -0.00301. The molecule has 2 aromatic rings. The van der Waals surface area contributed by atoms with Crippen molar-refractivity contribution in [2.24, 2.45) is 5.92 Å². The summed E-state index contributed by atoms with van der Waals surface area (Å²) in [6.45, 7) is 14.8. The van der Waals surface area contributed by atoms with Gasteiger partial charge in [0.2, 0.25) is 0 Å². The number of piperidine rings is 1. The molecule has 0 aromatic heterocycles. The number of β-amino-alcohol motifs (C(OH)–C–C–N with tert-alkyl or cyclic N) is 1. The molecule has 0 aliphatic carbocycles. The van der Waals surface area contributed by atoms with Crippen molar-refractivity contribution < 1.29 is 24.2 Å². The molecule has 3 rings (SSSR count). The number of carbonyl (C=O) groups is 1. The Morgan fingerprint density at radius 1 is 0.944 bits per heavy atom. The number of aliphatic hydroxyl groups is 1. The van der Waals surface area contributed by atoms with Crippen LogP contribution in [0.4, 0.5) is 4.79 Å². The van der Waals surface area contributed by atoms with Gasteiger partial charge in [-0.3, -0.25) is 0 Å². The molecule has 1 amide bonds. The molecule has 1 saturated heterocycles. The average molecular weight is 514 g/mol. The van der Waals surface area contributed by atoms with Crippen LogP contribution < -0.4 is 0 Å². The molecule has 6 nitrogen and oxygen atoms in total. The van der Waals surface area contributed by atoms with Crippen LogP contribution in [0.15, 0.2) is 54.6 Å². The molecule has 1 aliphatic rings. The highest BCUT2D eigenvalue weighted by Gasteiger charge is 2.47. The summed E-state index contributed by atoms with van der Waals surface area (Å²) < 4.78 is 12.5. The van der Waals surface area contributed by atoms with Gasteiger partial charge in [-0.2, -0.15) is 0 Å². The SMILES string of the molecule is CC(C)[Si](OC[C@@H]1CN(C(=O)OCc2ccccc2)C[C@H](O)[C@H]1c1ccc(O)cc1)(C(C)C)C(C)C. The Labute approximate surface area is 217 Å². The molecule has 2 aromatic carbocycles. The number of ether oxygens (including phenoxy) is 1. The van der Waals surface area contributed by atoms with Gasteiger partial charge in [0, 0.05) is 25.0 Å². The number of aliphatic hydroxyl groups excluding tert-OH is 1. The van der Waals surface area contributed by atoms with Crippen LogP contribution in [0.1, 0.15) is 58.6 Å². The highest BCUT2D eigenvalue weighted by atomic mass is 28.4. The van der Waals surface area contributed by atoms with Gasteiger partial charge in [-0.1, -0.05) is 84.0 Å². The molecule has 36 heavy (non-hydrogen) atoms. The van der Waals surface area contributed by atoms with Crippen LogP contribution >= 0.6 is 0 Å². The molecule has 0 bridgehead atoms. The van der Waals surface area contributed by atoms with E-state index >= 15 is 0 Å². The largest absolute Gasteiger partial charge is 0.508 e. The van der Waals surface area contributed by atoms with E-state index in [1.165, 1.54) is 0 Å². The minimum absolute atomic E-state index is 0.106. The molecular weight excluding hydrogens is 470 g/mol. The summed E-state index contributed by atoms with van der Waals surface area (Å²) in [5.41, 5.74) is 3.17. The Balaban J connectivity index is 1.83. The predicted octanol–water partition coefficient (Wildman–Crippen LogP) is 6.30. The van der Waals surface area contributed by atoms with Crippen molar-refractivity contribution in [1.29, 1.82) is 0 Å². The smallest absolute Gasteiger partial charge is 0.410 e. The molecule has 1 heterocycles. The lowest BCUT2D eigenvalue weighted by atomic mass is 9.79. The number of hydrogen-bond acceptors (Lipinski definition) is 5. The first-order valence-electron chi connectivity index (χ1n) is 13.1. The third kappa shape index (κ3) is 6.31. The second-order valence-corrected chi connectivity index (χ2v) is 16.5. The summed E-state index contributed by atoms with van der Waals surface area (Å²) in [7, 11) is -2.14. The number of hydrogen-bond donors (Lipinski definition) is 2. The van der Waals surface area contributed by atoms with Gasteiger partial charge in [-0.15, -0.1) is 0 Å². The number of nitrogens with zero attached hydrogens (tertiary/aromatic N) is 1. The molecule has 2 N–H and O–H groups in total. The minimum Gasteiger partial charge on any atom is -0.508 e. The number of benzene rings is 2. The van der Waals surface area contributed by atoms with Crippen LogP contribution in [-0.2, 0) is 15.8 Å². The fraction of sp³-hybridized carbons (Fsp3) is 0.552. The van der Waals surface area contributed by atoms with Crippen molar-refractivity contribution in [3.8, 4) is 5.75 Å². The van der Waals surface area contributed by atoms with Crippen LogP contribution in [0.5, 0.6) is 5.75 Å². The van der Waals surface area contributed by atoms with E-state index in [-0.39, 0.29) is 30.7 Å². The summed E-state index contributed by atoms with van der Waals surface area (Å²) in [4.78, 5) is 14.6. The molecule has 0 saturated carbocycles. The number of phenolic OH excluding ortho intramolecular Hbond substituents is 1. The Hall–Kier alpha value is -2.35. The van der Waals surface area contributed by atoms with Gasteiger partial charge >= 0.3 is 6.09 Å². The third-order valence-electron chi connectivity index (χ3n) is 7.78. The molecule has 7 heteroatoms. The Morgan fingerprint density at radius 3 is 2.08 bits per heavy atom. The van der Waals surface area contributed by atoms with Gasteiger partial charge < -0.3 is 24.3 Å². The number of likely N-dealkylation sites (tertiary alicyclic amines) is 1. The van der Waals surface area contributed by atoms with Crippen molar-refractivity contribution in [2.75, 3.05) is 19.7 Å². The number of rotatable bonds is 9. The lowest BCUT2D eigenvalue weighted by Gasteiger charge is -2.46. The zero-order valence-corrected chi connectivity index (χ0v) is 23.6. The standard InChI is InChI=1S/C29H43NO5Si/c1-20(2)36(21(3)4,22(5)6)35-19-25-16-30(29(33)34-18-23-10-8-7-9-11-23)17-27(32)28(25)24-12-14-26(31)15-13-24/h7-15,20-22,25,27-28,31-32H,16-19H2,1-6H3/t25-,27-,28-/m0/s1. The van der Waals surface area contributed by atoms with Gasteiger partial charge in [0.15, 0.2) is 8.32 Å². The summed E-state index contributed by atoms with van der Waals surface area (Å²) >= 11 is 0. The topological polar surface area (TPSA) is 79.2 Å². The molecule has 1 aliphatic heterocycles. The highest BCUT2D eigenvalue weighted by Crippen LogP contribution is 2.44. The van der Waals surface area contributed by atoms with Crippen LogP contribution in [0.3, 0.4) is 0 Å². The van der Waals surface area contributed by atoms with Crippen molar-refractivity contribution >= 4 is 14.4 Å². The maximum Gasteiger partial charge on any atom is 0.410 e. The first-order chi connectivity index (χ1) is 17.1. The van der Waals surface area contributed by atoms with E-state index in [0.717, 1.165) is 11.1 Å². The Bertz CT molecular complexity index is 942. The van der Waals surface area contributed by atoms with E-state index in [4.69, 9.17) is 9.16 Å². The van der Waals surface area contributed by atoms with Crippen LogP contribution in [-0.4, -0.2) is 55.3 Å². The molecule has 0 spiro atoms.